The number of anilines is 2. The molecule has 0 aliphatic carbocycles. The number of hydrogen-bond acceptors (Lipinski definition) is 5. The van der Waals surface area contributed by atoms with Crippen molar-refractivity contribution in [1.29, 1.82) is 0 Å². The van der Waals surface area contributed by atoms with Crippen LogP contribution in [0.25, 0.3) is 5.69 Å². The minimum atomic E-state index is -0.204. The number of benzene rings is 1. The third-order valence-electron chi connectivity index (χ3n) is 2.62. The van der Waals surface area contributed by atoms with Crippen molar-refractivity contribution in [3.63, 3.8) is 0 Å². The summed E-state index contributed by atoms with van der Waals surface area (Å²) in [5, 5.41) is 4.06. The Balaban J connectivity index is 2.50. The fourth-order valence-electron chi connectivity index (χ4n) is 1.73. The lowest BCUT2D eigenvalue weighted by molar-refractivity contribution is 0.101. The molecule has 0 amide bonds. The molecule has 18 heavy (non-hydrogen) atoms. The molecule has 94 valence electrons. The van der Waals surface area contributed by atoms with Gasteiger partial charge < -0.3 is 16.2 Å². The molecule has 2 aromatic rings. The zero-order valence-electron chi connectivity index (χ0n) is 10.2. The summed E-state index contributed by atoms with van der Waals surface area (Å²) in [6.07, 6.45) is 0. The van der Waals surface area contributed by atoms with E-state index in [1.165, 1.54) is 11.6 Å². The zero-order chi connectivity index (χ0) is 13.3. The maximum atomic E-state index is 11.4. The van der Waals surface area contributed by atoms with Crippen LogP contribution < -0.4 is 16.2 Å². The van der Waals surface area contributed by atoms with E-state index in [4.69, 9.17) is 16.2 Å². The van der Waals surface area contributed by atoms with Crippen molar-refractivity contribution in [1.82, 2.24) is 9.78 Å². The average molecular weight is 246 g/mol. The number of nitrogen functional groups attached to an aromatic ring is 2. The van der Waals surface area contributed by atoms with Crippen LogP contribution in [0.15, 0.2) is 24.3 Å². The highest BCUT2D eigenvalue weighted by Crippen LogP contribution is 2.24. The van der Waals surface area contributed by atoms with Crippen molar-refractivity contribution in [2.24, 2.45) is 0 Å². The van der Waals surface area contributed by atoms with Crippen molar-refractivity contribution >= 4 is 17.4 Å². The number of carbonyl (C=O) groups excluding carboxylic acids is 1. The van der Waals surface area contributed by atoms with Crippen LogP contribution >= 0.6 is 0 Å². The number of methoxy groups -OCH3 is 1. The molecule has 2 rings (SSSR count). The first-order valence-electron chi connectivity index (χ1n) is 5.34. The van der Waals surface area contributed by atoms with Crippen LogP contribution in [-0.4, -0.2) is 22.7 Å². The molecule has 0 aliphatic rings. The summed E-state index contributed by atoms with van der Waals surface area (Å²) < 4.78 is 6.50. The number of Topliss-reactive ketones (excluding diaryl/α,β-unsaturated/α-hetero) is 1. The van der Waals surface area contributed by atoms with Gasteiger partial charge >= 0.3 is 0 Å². The SMILES string of the molecule is COc1ccc(-n2nc(N)c(C(C)=O)c2N)cc1. The molecule has 6 nitrogen and oxygen atoms in total. The van der Waals surface area contributed by atoms with E-state index >= 15 is 0 Å². The predicted octanol–water partition coefficient (Wildman–Crippen LogP) is 1.25. The average Bonchev–Trinajstić information content (AvgIpc) is 2.65. The highest BCUT2D eigenvalue weighted by molar-refractivity contribution is 6.02. The Morgan fingerprint density at radius 2 is 1.89 bits per heavy atom. The van der Waals surface area contributed by atoms with Gasteiger partial charge in [-0.05, 0) is 31.2 Å². The molecule has 6 heteroatoms. The summed E-state index contributed by atoms with van der Waals surface area (Å²) in [5.41, 5.74) is 12.5. The smallest absolute Gasteiger partial charge is 0.167 e. The number of nitrogens with two attached hydrogens (primary N) is 2. The van der Waals surface area contributed by atoms with Crippen LogP contribution in [0.1, 0.15) is 17.3 Å². The molecule has 0 radical (unpaired) electrons. The van der Waals surface area contributed by atoms with Crippen molar-refractivity contribution < 1.29 is 9.53 Å². The lowest BCUT2D eigenvalue weighted by atomic mass is 10.2. The fraction of sp³-hybridized carbons (Fsp3) is 0.167. The Kier molecular flexibility index (Phi) is 2.93. The van der Waals surface area contributed by atoms with Gasteiger partial charge in [0.2, 0.25) is 0 Å². The second-order valence-electron chi connectivity index (χ2n) is 3.81. The second kappa shape index (κ2) is 4.40. The summed E-state index contributed by atoms with van der Waals surface area (Å²) in [5.74, 6) is 0.898. The highest BCUT2D eigenvalue weighted by Gasteiger charge is 2.17. The van der Waals surface area contributed by atoms with Crippen LogP contribution in [0.4, 0.5) is 11.6 Å². The lowest BCUT2D eigenvalue weighted by Crippen LogP contribution is -2.04. The van der Waals surface area contributed by atoms with E-state index in [1.807, 2.05) is 0 Å². The molecule has 1 aromatic heterocycles. The molecular weight excluding hydrogens is 232 g/mol. The third kappa shape index (κ3) is 1.88. The van der Waals surface area contributed by atoms with Crippen LogP contribution in [0.5, 0.6) is 5.75 Å². The van der Waals surface area contributed by atoms with E-state index in [-0.39, 0.29) is 23.0 Å². The minimum absolute atomic E-state index is 0.135. The summed E-state index contributed by atoms with van der Waals surface area (Å²) in [7, 11) is 1.59. The van der Waals surface area contributed by atoms with Crippen molar-refractivity contribution in [2.45, 2.75) is 6.92 Å². The van der Waals surface area contributed by atoms with E-state index < -0.39 is 0 Å². The van der Waals surface area contributed by atoms with Gasteiger partial charge in [-0.2, -0.15) is 0 Å². The quantitative estimate of drug-likeness (QED) is 0.794. The molecule has 0 aliphatic heterocycles. The van der Waals surface area contributed by atoms with E-state index in [9.17, 15) is 4.79 Å². The number of nitrogens with zero attached hydrogens (tertiary/aromatic N) is 2. The van der Waals surface area contributed by atoms with Gasteiger partial charge in [-0.3, -0.25) is 4.79 Å². The Morgan fingerprint density at radius 3 is 2.33 bits per heavy atom. The number of hydrogen-bond donors (Lipinski definition) is 2. The van der Waals surface area contributed by atoms with Gasteiger partial charge in [0, 0.05) is 0 Å². The van der Waals surface area contributed by atoms with Gasteiger partial charge in [-0.25, -0.2) is 4.68 Å². The molecule has 0 unspecified atom stereocenters. The minimum Gasteiger partial charge on any atom is -0.497 e. The van der Waals surface area contributed by atoms with E-state index in [2.05, 4.69) is 5.10 Å². The predicted molar refractivity (Wildman–Crippen MR) is 68.9 cm³/mol. The molecule has 0 bridgehead atoms. The number of ether oxygens (including phenoxy) is 1. The largest absolute Gasteiger partial charge is 0.497 e. The van der Waals surface area contributed by atoms with Crippen LogP contribution in [0, 0.1) is 0 Å². The topological polar surface area (TPSA) is 96.2 Å². The maximum Gasteiger partial charge on any atom is 0.167 e. The van der Waals surface area contributed by atoms with Gasteiger partial charge in [0.1, 0.15) is 17.1 Å². The first-order valence-corrected chi connectivity index (χ1v) is 5.34. The van der Waals surface area contributed by atoms with Gasteiger partial charge in [0.25, 0.3) is 0 Å². The molecule has 0 saturated carbocycles. The van der Waals surface area contributed by atoms with Gasteiger partial charge in [0.15, 0.2) is 11.6 Å². The fourth-order valence-corrected chi connectivity index (χ4v) is 1.73. The molecular formula is C12H14N4O2. The third-order valence-corrected chi connectivity index (χ3v) is 2.62. The number of rotatable bonds is 3. The second-order valence-corrected chi connectivity index (χ2v) is 3.81. The molecule has 0 saturated heterocycles. The first kappa shape index (κ1) is 12.0. The van der Waals surface area contributed by atoms with E-state index in [1.54, 1.807) is 31.4 Å². The molecule has 4 N–H and O–H groups in total. The molecule has 0 spiro atoms. The summed E-state index contributed by atoms with van der Waals surface area (Å²) in [6.45, 7) is 1.40. The van der Waals surface area contributed by atoms with Crippen LogP contribution in [0.3, 0.4) is 0 Å². The maximum absolute atomic E-state index is 11.4. The number of carbonyl (C=O) groups is 1. The standard InChI is InChI=1S/C12H14N4O2/c1-7(17)10-11(13)15-16(12(10)14)8-3-5-9(18-2)6-4-8/h3-6H,14H2,1-2H3,(H2,13,15). The molecule has 1 heterocycles. The van der Waals surface area contributed by atoms with E-state index in [0.29, 0.717) is 5.69 Å². The van der Waals surface area contributed by atoms with Crippen molar-refractivity contribution in [2.75, 3.05) is 18.6 Å². The zero-order valence-corrected chi connectivity index (χ0v) is 10.2. The first-order chi connectivity index (χ1) is 8.54. The van der Waals surface area contributed by atoms with E-state index in [0.717, 1.165) is 5.75 Å². The monoisotopic (exact) mass is 246 g/mol. The number of ketones is 1. The van der Waals surface area contributed by atoms with Gasteiger partial charge in [0.05, 0.1) is 12.8 Å². The van der Waals surface area contributed by atoms with Crippen molar-refractivity contribution in [3.05, 3.63) is 29.8 Å². The molecule has 0 atom stereocenters. The number of aromatic nitrogens is 2. The normalized spacial score (nSPS) is 10.3. The highest BCUT2D eigenvalue weighted by atomic mass is 16.5. The summed E-state index contributed by atoms with van der Waals surface area (Å²) in [4.78, 5) is 11.4. The Labute approximate surface area is 104 Å². The van der Waals surface area contributed by atoms with Crippen molar-refractivity contribution in [3.8, 4) is 11.4 Å². The molecule has 0 fully saturated rings. The van der Waals surface area contributed by atoms with Gasteiger partial charge in [-0.1, -0.05) is 0 Å². The molecule has 1 aromatic carbocycles. The lowest BCUT2D eigenvalue weighted by Gasteiger charge is -2.05. The van der Waals surface area contributed by atoms with Crippen LogP contribution in [0.2, 0.25) is 0 Å². The van der Waals surface area contributed by atoms with Gasteiger partial charge in [-0.15, -0.1) is 5.10 Å². The Hall–Kier alpha value is -2.50. The Bertz CT molecular complexity index is 587. The Morgan fingerprint density at radius 1 is 1.28 bits per heavy atom. The van der Waals surface area contributed by atoms with Crippen LogP contribution in [-0.2, 0) is 0 Å². The summed E-state index contributed by atoms with van der Waals surface area (Å²) in [6, 6.07) is 7.12. The summed E-state index contributed by atoms with van der Waals surface area (Å²) >= 11 is 0.